The summed E-state index contributed by atoms with van der Waals surface area (Å²) in [5.41, 5.74) is 1.24. The summed E-state index contributed by atoms with van der Waals surface area (Å²) in [6, 6.07) is 2.80. The molecule has 0 spiro atoms. The first-order valence-corrected chi connectivity index (χ1v) is 5.53. The van der Waals surface area contributed by atoms with Crippen LogP contribution in [0, 0.1) is 29.9 Å². The van der Waals surface area contributed by atoms with Crippen molar-refractivity contribution in [3.8, 4) is 0 Å². The fourth-order valence-electron chi connectivity index (χ4n) is 1.49. The summed E-state index contributed by atoms with van der Waals surface area (Å²) in [7, 11) is 0. The van der Waals surface area contributed by atoms with Crippen LogP contribution in [-0.2, 0) is 9.59 Å². The normalized spacial score (nSPS) is 11.7. The Bertz CT molecular complexity index is 553. The largest absolute Gasteiger partial charge is 0.481 e. The molecule has 1 aromatic rings. The zero-order valence-electron chi connectivity index (χ0n) is 10.8. The second-order valence-electron chi connectivity index (χ2n) is 4.26. The van der Waals surface area contributed by atoms with Gasteiger partial charge >= 0.3 is 5.97 Å². The Balaban J connectivity index is 3.04. The van der Waals surface area contributed by atoms with Crippen molar-refractivity contribution in [3.63, 3.8) is 0 Å². The number of carbonyl (C=O) groups is 2. The van der Waals surface area contributed by atoms with Crippen LogP contribution < -0.4 is 5.32 Å². The Kier molecular flexibility index (Phi) is 4.21. The highest BCUT2D eigenvalue weighted by molar-refractivity contribution is 6.04. The van der Waals surface area contributed by atoms with Crippen LogP contribution in [0.2, 0.25) is 0 Å². The summed E-state index contributed by atoms with van der Waals surface area (Å²) >= 11 is 0. The number of hydrogen-bond donors (Lipinski definition) is 2. The number of nitro groups is 1. The molecule has 0 saturated carbocycles. The third kappa shape index (κ3) is 3.27. The van der Waals surface area contributed by atoms with Crippen molar-refractivity contribution in [1.82, 2.24) is 0 Å². The Morgan fingerprint density at radius 2 is 1.89 bits per heavy atom. The van der Waals surface area contributed by atoms with Crippen molar-refractivity contribution in [2.75, 3.05) is 5.32 Å². The van der Waals surface area contributed by atoms with Gasteiger partial charge in [0.2, 0.25) is 5.91 Å². The molecule has 1 rings (SSSR count). The van der Waals surface area contributed by atoms with E-state index in [1.54, 1.807) is 13.8 Å². The van der Waals surface area contributed by atoms with Crippen LogP contribution in [0.3, 0.4) is 0 Å². The van der Waals surface area contributed by atoms with E-state index >= 15 is 0 Å². The molecule has 1 amide bonds. The number of carbonyl (C=O) groups excluding carboxylic acids is 1. The van der Waals surface area contributed by atoms with E-state index in [1.807, 2.05) is 0 Å². The number of aryl methyl sites for hydroxylation is 2. The number of carboxylic acids is 1. The van der Waals surface area contributed by atoms with E-state index in [9.17, 15) is 19.7 Å². The third-order valence-electron chi connectivity index (χ3n) is 2.76. The molecule has 0 aliphatic heterocycles. The van der Waals surface area contributed by atoms with Gasteiger partial charge in [0.05, 0.1) is 4.92 Å². The van der Waals surface area contributed by atoms with E-state index in [0.29, 0.717) is 16.8 Å². The van der Waals surface area contributed by atoms with Crippen molar-refractivity contribution >= 4 is 23.3 Å². The molecule has 102 valence electrons. The molecule has 1 unspecified atom stereocenters. The van der Waals surface area contributed by atoms with Crippen LogP contribution in [0.15, 0.2) is 12.1 Å². The Hall–Kier alpha value is -2.44. The minimum absolute atomic E-state index is 0.0400. The summed E-state index contributed by atoms with van der Waals surface area (Å²) in [4.78, 5) is 32.5. The van der Waals surface area contributed by atoms with Gasteiger partial charge in [0, 0.05) is 17.3 Å². The molecular weight excluding hydrogens is 252 g/mol. The monoisotopic (exact) mass is 266 g/mol. The number of hydrogen-bond acceptors (Lipinski definition) is 4. The second-order valence-corrected chi connectivity index (χ2v) is 4.26. The second kappa shape index (κ2) is 5.47. The molecule has 0 aromatic heterocycles. The lowest BCUT2D eigenvalue weighted by Crippen LogP contribution is -2.27. The molecule has 1 aromatic carbocycles. The third-order valence-corrected chi connectivity index (χ3v) is 2.76. The lowest BCUT2D eigenvalue weighted by Gasteiger charge is -2.11. The maximum Gasteiger partial charge on any atom is 0.315 e. The molecule has 0 saturated heterocycles. The van der Waals surface area contributed by atoms with Crippen molar-refractivity contribution < 1.29 is 19.6 Å². The molecule has 2 N–H and O–H groups in total. The lowest BCUT2D eigenvalue weighted by molar-refractivity contribution is -0.385. The van der Waals surface area contributed by atoms with Gasteiger partial charge < -0.3 is 10.4 Å². The number of nitrogens with zero attached hydrogens (tertiary/aromatic N) is 1. The molecule has 0 bridgehead atoms. The predicted molar refractivity (Wildman–Crippen MR) is 68.0 cm³/mol. The van der Waals surface area contributed by atoms with Gasteiger partial charge in [-0.05, 0) is 32.4 Å². The van der Waals surface area contributed by atoms with E-state index in [1.165, 1.54) is 19.1 Å². The zero-order chi connectivity index (χ0) is 14.7. The predicted octanol–water partition coefficient (Wildman–Crippen LogP) is 1.87. The van der Waals surface area contributed by atoms with E-state index in [2.05, 4.69) is 5.32 Å². The molecule has 7 nitrogen and oxygen atoms in total. The highest BCUT2D eigenvalue weighted by atomic mass is 16.6. The molecule has 19 heavy (non-hydrogen) atoms. The van der Waals surface area contributed by atoms with Crippen LogP contribution in [-0.4, -0.2) is 21.9 Å². The average molecular weight is 266 g/mol. The van der Waals surface area contributed by atoms with Crippen molar-refractivity contribution in [2.24, 2.45) is 5.92 Å². The number of nitro benzene ring substituents is 1. The maximum atomic E-state index is 11.6. The van der Waals surface area contributed by atoms with Crippen molar-refractivity contribution in [3.05, 3.63) is 33.4 Å². The Morgan fingerprint density at radius 1 is 1.32 bits per heavy atom. The van der Waals surface area contributed by atoms with Crippen molar-refractivity contribution in [1.29, 1.82) is 0 Å². The first kappa shape index (κ1) is 14.6. The first-order chi connectivity index (χ1) is 8.73. The van der Waals surface area contributed by atoms with Crippen LogP contribution in [0.5, 0.6) is 0 Å². The Labute approximate surface area is 109 Å². The fraction of sp³-hybridized carbons (Fsp3) is 0.333. The van der Waals surface area contributed by atoms with Gasteiger partial charge in [-0.2, -0.15) is 0 Å². The topological polar surface area (TPSA) is 110 Å². The van der Waals surface area contributed by atoms with Crippen LogP contribution in [0.1, 0.15) is 18.1 Å². The van der Waals surface area contributed by atoms with Gasteiger partial charge in [-0.3, -0.25) is 19.7 Å². The standard InChI is InChI=1S/C12H14N2O5/c1-6-5-10(14(18)19)7(2)4-9(6)13-11(15)8(3)12(16)17/h4-5,8H,1-3H3,(H,13,15)(H,16,17). The van der Waals surface area contributed by atoms with Gasteiger partial charge in [0.25, 0.3) is 5.69 Å². The molecule has 0 fully saturated rings. The van der Waals surface area contributed by atoms with Gasteiger partial charge in [-0.15, -0.1) is 0 Å². The van der Waals surface area contributed by atoms with E-state index in [0.717, 1.165) is 0 Å². The number of anilines is 1. The summed E-state index contributed by atoms with van der Waals surface area (Å²) in [5.74, 6) is -3.08. The Morgan fingerprint density at radius 3 is 2.37 bits per heavy atom. The summed E-state index contributed by atoms with van der Waals surface area (Å²) in [6.45, 7) is 4.42. The SMILES string of the molecule is Cc1cc([N+](=O)[O-])c(C)cc1NC(=O)C(C)C(=O)O. The fourth-order valence-corrected chi connectivity index (χ4v) is 1.49. The van der Waals surface area contributed by atoms with Gasteiger partial charge in [0.15, 0.2) is 0 Å². The number of aliphatic carboxylic acids is 1. The number of benzene rings is 1. The molecule has 1 atom stereocenters. The lowest BCUT2D eigenvalue weighted by atomic mass is 10.1. The minimum Gasteiger partial charge on any atom is -0.481 e. The van der Waals surface area contributed by atoms with Gasteiger partial charge in [-0.1, -0.05) is 0 Å². The smallest absolute Gasteiger partial charge is 0.315 e. The molecule has 7 heteroatoms. The van der Waals surface area contributed by atoms with E-state index in [4.69, 9.17) is 5.11 Å². The molecule has 0 radical (unpaired) electrons. The van der Waals surface area contributed by atoms with Gasteiger partial charge in [-0.25, -0.2) is 0 Å². The van der Waals surface area contributed by atoms with Crippen LogP contribution in [0.25, 0.3) is 0 Å². The zero-order valence-corrected chi connectivity index (χ0v) is 10.8. The molecular formula is C12H14N2O5. The maximum absolute atomic E-state index is 11.6. The summed E-state index contributed by atoms with van der Waals surface area (Å²) < 4.78 is 0. The number of rotatable bonds is 4. The van der Waals surface area contributed by atoms with E-state index in [-0.39, 0.29) is 5.69 Å². The van der Waals surface area contributed by atoms with Crippen molar-refractivity contribution in [2.45, 2.75) is 20.8 Å². The highest BCUT2D eigenvalue weighted by Crippen LogP contribution is 2.26. The molecule has 0 aliphatic carbocycles. The molecule has 0 heterocycles. The van der Waals surface area contributed by atoms with Crippen LogP contribution in [0.4, 0.5) is 11.4 Å². The summed E-state index contributed by atoms with van der Waals surface area (Å²) in [5, 5.41) is 21.9. The first-order valence-electron chi connectivity index (χ1n) is 5.53. The van der Waals surface area contributed by atoms with Crippen LogP contribution >= 0.6 is 0 Å². The quantitative estimate of drug-likeness (QED) is 0.491. The molecule has 0 aliphatic rings. The van der Waals surface area contributed by atoms with E-state index < -0.39 is 22.7 Å². The average Bonchev–Trinajstić information content (AvgIpc) is 2.31. The number of nitrogens with one attached hydrogen (secondary N) is 1. The highest BCUT2D eigenvalue weighted by Gasteiger charge is 2.22. The minimum atomic E-state index is -1.23. The summed E-state index contributed by atoms with van der Waals surface area (Å²) in [6.07, 6.45) is 0. The number of amides is 1. The van der Waals surface area contributed by atoms with Gasteiger partial charge in [0.1, 0.15) is 5.92 Å². The number of carboxylic acid groups (broad SMARTS) is 1.